The number of amides is 1. The number of anilines is 2. The van der Waals surface area contributed by atoms with E-state index in [1.807, 2.05) is 13.8 Å². The number of hydrogen-bond acceptors (Lipinski definition) is 5. The Morgan fingerprint density at radius 1 is 1.33 bits per heavy atom. The van der Waals surface area contributed by atoms with Gasteiger partial charge in [-0.15, -0.1) is 0 Å². The minimum Gasteiger partial charge on any atom is -0.399 e. The molecule has 0 saturated carbocycles. The molecule has 1 rings (SSSR count). The van der Waals surface area contributed by atoms with Crippen molar-refractivity contribution in [3.05, 3.63) is 17.7 Å². The number of benzene rings is 1. The van der Waals surface area contributed by atoms with Crippen molar-refractivity contribution in [3.63, 3.8) is 0 Å². The third-order valence-electron chi connectivity index (χ3n) is 2.84. The number of nitrogen functional groups attached to an aromatic ring is 1. The second kappa shape index (κ2) is 6.77. The zero-order chi connectivity index (χ0) is 16.2. The van der Waals surface area contributed by atoms with Crippen LogP contribution in [0.2, 0.25) is 0 Å². The van der Waals surface area contributed by atoms with Crippen LogP contribution >= 0.6 is 0 Å². The molecule has 0 heterocycles. The summed E-state index contributed by atoms with van der Waals surface area (Å²) in [6, 6.07) is 2.87. The molecule has 0 unspecified atom stereocenters. The smallest absolute Gasteiger partial charge is 0.239 e. The highest BCUT2D eigenvalue weighted by atomic mass is 32.2. The molecule has 118 valence electrons. The monoisotopic (exact) mass is 314 g/mol. The van der Waals surface area contributed by atoms with Gasteiger partial charge in [0.1, 0.15) is 0 Å². The fourth-order valence-electron chi connectivity index (χ4n) is 1.74. The van der Waals surface area contributed by atoms with Gasteiger partial charge in [-0.2, -0.15) is 0 Å². The topological polar surface area (TPSA) is 127 Å². The Kier molecular flexibility index (Phi) is 5.56. The van der Waals surface area contributed by atoms with Crippen LogP contribution in [0.3, 0.4) is 0 Å². The number of carbonyl (C=O) groups is 1. The molecule has 21 heavy (non-hydrogen) atoms. The molecular formula is C13H22N4O3S. The number of rotatable bonds is 6. The van der Waals surface area contributed by atoms with Crippen molar-refractivity contribution in [1.82, 2.24) is 5.32 Å². The van der Waals surface area contributed by atoms with Gasteiger partial charge in [0.2, 0.25) is 15.9 Å². The highest BCUT2D eigenvalue weighted by Gasteiger charge is 2.16. The molecular weight excluding hydrogens is 292 g/mol. The molecule has 8 heteroatoms. The van der Waals surface area contributed by atoms with Gasteiger partial charge in [-0.1, -0.05) is 13.8 Å². The molecule has 0 radical (unpaired) electrons. The van der Waals surface area contributed by atoms with Crippen LogP contribution < -0.4 is 21.5 Å². The largest absolute Gasteiger partial charge is 0.399 e. The van der Waals surface area contributed by atoms with Gasteiger partial charge in [0.15, 0.2) is 0 Å². The maximum Gasteiger partial charge on any atom is 0.239 e. The molecule has 6 N–H and O–H groups in total. The fourth-order valence-corrected chi connectivity index (χ4v) is 2.58. The van der Waals surface area contributed by atoms with Crippen LogP contribution in [-0.4, -0.2) is 27.4 Å². The predicted molar refractivity (Wildman–Crippen MR) is 83.3 cm³/mol. The number of nitrogens with one attached hydrogen (secondary N) is 2. The van der Waals surface area contributed by atoms with E-state index >= 15 is 0 Å². The Balaban J connectivity index is 2.85. The summed E-state index contributed by atoms with van der Waals surface area (Å²) in [7, 11) is -3.86. The van der Waals surface area contributed by atoms with Crippen molar-refractivity contribution in [2.75, 3.05) is 24.1 Å². The Morgan fingerprint density at radius 2 is 1.95 bits per heavy atom. The van der Waals surface area contributed by atoms with Crippen LogP contribution in [0.25, 0.3) is 0 Å². The number of primary sulfonamides is 1. The first kappa shape index (κ1) is 17.3. The van der Waals surface area contributed by atoms with E-state index in [-0.39, 0.29) is 23.0 Å². The van der Waals surface area contributed by atoms with E-state index in [1.165, 1.54) is 6.07 Å². The van der Waals surface area contributed by atoms with Crippen molar-refractivity contribution < 1.29 is 13.2 Å². The van der Waals surface area contributed by atoms with Gasteiger partial charge in [0.05, 0.1) is 11.4 Å². The fraction of sp³-hybridized carbons (Fsp3) is 0.462. The first-order valence-corrected chi connectivity index (χ1v) is 8.09. The number of carbonyl (C=O) groups excluding carboxylic acids is 1. The van der Waals surface area contributed by atoms with E-state index in [9.17, 15) is 13.2 Å². The SMILES string of the molecule is Cc1c(NCC(=O)NCC(C)C)cc(N)cc1S(N)(=O)=O. The lowest BCUT2D eigenvalue weighted by Gasteiger charge is -2.14. The molecule has 0 aliphatic rings. The normalized spacial score (nSPS) is 11.5. The van der Waals surface area contributed by atoms with Gasteiger partial charge in [-0.3, -0.25) is 4.79 Å². The molecule has 0 fully saturated rings. The van der Waals surface area contributed by atoms with Crippen LogP contribution in [0.1, 0.15) is 19.4 Å². The van der Waals surface area contributed by atoms with Crippen molar-refractivity contribution >= 4 is 27.3 Å². The van der Waals surface area contributed by atoms with Crippen LogP contribution in [0.5, 0.6) is 0 Å². The molecule has 0 atom stereocenters. The number of hydrogen-bond donors (Lipinski definition) is 4. The van der Waals surface area contributed by atoms with Gasteiger partial charge in [-0.05, 0) is 30.5 Å². The highest BCUT2D eigenvalue weighted by Crippen LogP contribution is 2.25. The summed E-state index contributed by atoms with van der Waals surface area (Å²) in [5.41, 5.74) is 6.83. The standard InChI is InChI=1S/C13H22N4O3S/c1-8(2)6-17-13(18)7-16-11-4-10(14)5-12(9(11)3)21(15,19)20/h4-5,8,16H,6-7,14H2,1-3H3,(H,17,18)(H2,15,19,20). The average Bonchev–Trinajstić information content (AvgIpc) is 2.35. The molecule has 0 aliphatic carbocycles. The predicted octanol–water partition coefficient (Wildman–Crippen LogP) is 0.409. The van der Waals surface area contributed by atoms with Crippen LogP contribution in [0.4, 0.5) is 11.4 Å². The summed E-state index contributed by atoms with van der Waals surface area (Å²) in [5, 5.41) is 10.8. The molecule has 0 aromatic heterocycles. The van der Waals surface area contributed by atoms with Gasteiger partial charge < -0.3 is 16.4 Å². The van der Waals surface area contributed by atoms with Crippen LogP contribution in [0.15, 0.2) is 17.0 Å². The van der Waals surface area contributed by atoms with Crippen molar-refractivity contribution in [3.8, 4) is 0 Å². The van der Waals surface area contributed by atoms with Crippen LogP contribution in [-0.2, 0) is 14.8 Å². The van der Waals surface area contributed by atoms with Crippen molar-refractivity contribution in [2.24, 2.45) is 11.1 Å². The Bertz CT molecular complexity index is 627. The van der Waals surface area contributed by atoms with Crippen molar-refractivity contribution in [2.45, 2.75) is 25.7 Å². The lowest BCUT2D eigenvalue weighted by molar-refractivity contribution is -0.119. The number of nitrogens with two attached hydrogens (primary N) is 2. The summed E-state index contributed by atoms with van der Waals surface area (Å²) in [5.74, 6) is 0.180. The zero-order valence-corrected chi connectivity index (χ0v) is 13.3. The molecule has 0 spiro atoms. The second-order valence-electron chi connectivity index (χ2n) is 5.29. The molecule has 0 saturated heterocycles. The Labute approximate surface area is 125 Å². The minimum atomic E-state index is -3.86. The Hall–Kier alpha value is -1.80. The third-order valence-corrected chi connectivity index (χ3v) is 3.87. The van der Waals surface area contributed by atoms with E-state index in [4.69, 9.17) is 10.9 Å². The molecule has 0 aliphatic heterocycles. The number of sulfonamides is 1. The van der Waals surface area contributed by atoms with Gasteiger partial charge >= 0.3 is 0 Å². The van der Waals surface area contributed by atoms with E-state index in [0.717, 1.165) is 0 Å². The first-order valence-electron chi connectivity index (χ1n) is 6.54. The molecule has 1 aromatic rings. The van der Waals surface area contributed by atoms with E-state index in [1.54, 1.807) is 13.0 Å². The first-order chi connectivity index (χ1) is 9.61. The summed E-state index contributed by atoms with van der Waals surface area (Å²) in [6.07, 6.45) is 0. The third kappa shape index (κ3) is 5.24. The van der Waals surface area contributed by atoms with E-state index < -0.39 is 10.0 Å². The van der Waals surface area contributed by atoms with E-state index in [0.29, 0.717) is 23.7 Å². The quantitative estimate of drug-likeness (QED) is 0.565. The maximum absolute atomic E-state index is 11.7. The summed E-state index contributed by atoms with van der Waals surface area (Å²) in [6.45, 7) is 6.20. The average molecular weight is 314 g/mol. The van der Waals surface area contributed by atoms with Gasteiger partial charge in [0, 0.05) is 17.9 Å². The molecule has 0 bridgehead atoms. The highest BCUT2D eigenvalue weighted by molar-refractivity contribution is 7.89. The lowest BCUT2D eigenvalue weighted by atomic mass is 10.2. The zero-order valence-electron chi connectivity index (χ0n) is 12.4. The summed E-state index contributed by atoms with van der Waals surface area (Å²) in [4.78, 5) is 11.6. The van der Waals surface area contributed by atoms with Gasteiger partial charge in [0.25, 0.3) is 0 Å². The molecule has 7 nitrogen and oxygen atoms in total. The minimum absolute atomic E-state index is 0.0288. The van der Waals surface area contributed by atoms with Crippen molar-refractivity contribution in [1.29, 1.82) is 0 Å². The molecule has 1 amide bonds. The summed E-state index contributed by atoms with van der Waals surface area (Å²) >= 11 is 0. The Morgan fingerprint density at radius 3 is 2.48 bits per heavy atom. The van der Waals surface area contributed by atoms with Crippen LogP contribution in [0, 0.1) is 12.8 Å². The molecule has 1 aromatic carbocycles. The van der Waals surface area contributed by atoms with E-state index in [2.05, 4.69) is 10.6 Å². The lowest BCUT2D eigenvalue weighted by Crippen LogP contribution is -2.32. The van der Waals surface area contributed by atoms with Gasteiger partial charge in [-0.25, -0.2) is 13.6 Å². The maximum atomic E-state index is 11.7. The second-order valence-corrected chi connectivity index (χ2v) is 6.82. The summed E-state index contributed by atoms with van der Waals surface area (Å²) < 4.78 is 23.0.